The summed E-state index contributed by atoms with van der Waals surface area (Å²) in [5, 5.41) is 15.3. The van der Waals surface area contributed by atoms with Crippen molar-refractivity contribution < 1.29 is 21.6 Å². The summed E-state index contributed by atoms with van der Waals surface area (Å²) in [6.07, 6.45) is -0.820. The number of nitriles is 1. The molecule has 15 heteroatoms. The summed E-state index contributed by atoms with van der Waals surface area (Å²) in [6, 6.07) is 10.2. The van der Waals surface area contributed by atoms with Gasteiger partial charge in [0, 0.05) is 79.2 Å². The smallest absolute Gasteiger partial charge is 0.367 e. The number of hydrogen-bond donors (Lipinski definition) is 1. The van der Waals surface area contributed by atoms with E-state index in [-0.39, 0.29) is 29.0 Å². The van der Waals surface area contributed by atoms with Crippen LogP contribution in [0.1, 0.15) is 55.3 Å². The molecule has 1 aromatic carbocycles. The molecule has 2 aliphatic rings. The second-order valence-electron chi connectivity index (χ2n) is 13.8. The number of halogens is 3. The molecule has 3 aromatic heterocycles. The van der Waals surface area contributed by atoms with E-state index >= 15 is 0 Å². The first-order valence-electron chi connectivity index (χ1n) is 16.6. The van der Waals surface area contributed by atoms with Crippen LogP contribution in [0.2, 0.25) is 0 Å². The highest BCUT2D eigenvalue weighted by Gasteiger charge is 2.37. The summed E-state index contributed by atoms with van der Waals surface area (Å²) in [5.74, 6) is 0.585. The Morgan fingerprint density at radius 1 is 1.10 bits per heavy atom. The molecule has 0 amide bonds. The topological polar surface area (TPSA) is 110 Å². The van der Waals surface area contributed by atoms with E-state index in [0.29, 0.717) is 41.4 Å². The van der Waals surface area contributed by atoms with Gasteiger partial charge in [-0.05, 0) is 69.9 Å². The van der Waals surface area contributed by atoms with Crippen molar-refractivity contribution in [2.45, 2.75) is 90.4 Å². The van der Waals surface area contributed by atoms with Gasteiger partial charge >= 0.3 is 6.18 Å². The van der Waals surface area contributed by atoms with E-state index in [9.17, 15) is 26.9 Å². The summed E-state index contributed by atoms with van der Waals surface area (Å²) in [4.78, 5) is 14.1. The van der Waals surface area contributed by atoms with Gasteiger partial charge in [0.25, 0.3) is 0 Å². The normalized spacial score (nSPS) is 21.4. The predicted octanol–water partition coefficient (Wildman–Crippen LogP) is 5.75. The van der Waals surface area contributed by atoms with Crippen LogP contribution in [-0.2, 0) is 29.5 Å². The Hall–Kier alpha value is -3.29. The zero-order valence-electron chi connectivity index (χ0n) is 28.5. The fourth-order valence-electron chi connectivity index (χ4n) is 7.70. The van der Waals surface area contributed by atoms with Crippen molar-refractivity contribution in [2.24, 2.45) is 0 Å². The van der Waals surface area contributed by atoms with Gasteiger partial charge in [-0.1, -0.05) is 6.07 Å². The van der Waals surface area contributed by atoms with Gasteiger partial charge in [-0.15, -0.1) is 11.3 Å². The Morgan fingerprint density at radius 3 is 2.43 bits per heavy atom. The summed E-state index contributed by atoms with van der Waals surface area (Å²) < 4.78 is 67.3. The van der Waals surface area contributed by atoms with Crippen LogP contribution in [0.25, 0.3) is 21.1 Å². The minimum Gasteiger partial charge on any atom is -0.367 e. The number of nitrogens with zero attached hydrogens (tertiary/aromatic N) is 7. The quantitative estimate of drug-likeness (QED) is 0.233. The molecule has 2 saturated heterocycles. The lowest BCUT2D eigenvalue weighted by Crippen LogP contribution is -2.60. The molecule has 5 heterocycles. The standard InChI is InChI=1S/C34H43F3N8O2S2/c1-21(43-16-22(2)45(23(3)17-43)49(5,46)47)18-44-27(15-38)12-29-24(4)25(6-7-31(29)44)19-42-10-8-26(9-11-42)41-32-30-13-28(14-34(35,36)37)48-33(30)40-20-39-32/h6-7,12-13,20-23,26H,8-11,14,16-19H2,1-5H3,(H,39,40,41)/t21-,22+,23+/m0/s1. The van der Waals surface area contributed by atoms with Gasteiger partial charge in [0.2, 0.25) is 10.0 Å². The molecule has 0 bridgehead atoms. The fraction of sp³-hybridized carbons (Fsp3) is 0.559. The van der Waals surface area contributed by atoms with Crippen LogP contribution in [-0.4, -0.2) is 99.8 Å². The van der Waals surface area contributed by atoms with Gasteiger partial charge in [0.1, 0.15) is 28.7 Å². The summed E-state index contributed by atoms with van der Waals surface area (Å²) in [5.41, 5.74) is 3.99. The number of hydrogen-bond acceptors (Lipinski definition) is 9. The Labute approximate surface area is 289 Å². The average molecular weight is 717 g/mol. The van der Waals surface area contributed by atoms with Crippen molar-refractivity contribution in [3.05, 3.63) is 52.3 Å². The Kier molecular flexibility index (Phi) is 10.00. The number of nitrogens with one attached hydrogen (secondary N) is 1. The molecule has 3 atom stereocenters. The second kappa shape index (κ2) is 13.8. The first-order chi connectivity index (χ1) is 23.1. The van der Waals surface area contributed by atoms with Gasteiger partial charge in [-0.2, -0.15) is 22.7 Å². The minimum absolute atomic E-state index is 0.101. The first-order valence-corrected chi connectivity index (χ1v) is 19.3. The third-order valence-electron chi connectivity index (χ3n) is 9.98. The van der Waals surface area contributed by atoms with Crippen LogP contribution in [0.5, 0.6) is 0 Å². The molecular weight excluding hydrogens is 674 g/mol. The zero-order chi connectivity index (χ0) is 35.2. The van der Waals surface area contributed by atoms with E-state index in [1.165, 1.54) is 18.1 Å². The molecule has 2 aliphatic heterocycles. The maximum atomic E-state index is 13.0. The number of aryl methyl sites for hydroxylation is 1. The number of benzene rings is 1. The van der Waals surface area contributed by atoms with Gasteiger partial charge in [0.05, 0.1) is 18.1 Å². The second-order valence-corrected chi connectivity index (χ2v) is 16.8. The number of alkyl halides is 3. The summed E-state index contributed by atoms with van der Waals surface area (Å²) in [7, 11) is -3.29. The molecular formula is C34H43F3N8O2S2. The number of fused-ring (bicyclic) bond motifs is 2. The molecule has 264 valence electrons. The summed E-state index contributed by atoms with van der Waals surface area (Å²) in [6.45, 7) is 12.5. The van der Waals surface area contributed by atoms with E-state index in [4.69, 9.17) is 0 Å². The van der Waals surface area contributed by atoms with Gasteiger partial charge < -0.3 is 9.88 Å². The number of sulfonamides is 1. The predicted molar refractivity (Wildman–Crippen MR) is 187 cm³/mol. The van der Waals surface area contributed by atoms with Crippen LogP contribution in [0, 0.1) is 18.3 Å². The van der Waals surface area contributed by atoms with Crippen LogP contribution in [0.3, 0.4) is 0 Å². The van der Waals surface area contributed by atoms with Gasteiger partial charge in [-0.3, -0.25) is 9.80 Å². The largest absolute Gasteiger partial charge is 0.393 e. The number of likely N-dealkylation sites (tertiary alicyclic amines) is 1. The maximum absolute atomic E-state index is 13.0. The lowest BCUT2D eigenvalue weighted by Gasteiger charge is -2.45. The van der Waals surface area contributed by atoms with Crippen molar-refractivity contribution in [1.82, 2.24) is 28.6 Å². The number of thiophene rings is 1. The van der Waals surface area contributed by atoms with E-state index in [0.717, 1.165) is 60.3 Å². The summed E-state index contributed by atoms with van der Waals surface area (Å²) >= 11 is 1.06. The molecule has 0 aliphatic carbocycles. The lowest BCUT2D eigenvalue weighted by molar-refractivity contribution is -0.126. The van der Waals surface area contributed by atoms with E-state index in [2.05, 4.69) is 61.7 Å². The first kappa shape index (κ1) is 35.5. The lowest BCUT2D eigenvalue weighted by atomic mass is 10.0. The number of rotatable bonds is 9. The van der Waals surface area contributed by atoms with Crippen LogP contribution < -0.4 is 5.32 Å². The third-order valence-corrected chi connectivity index (χ3v) is 12.5. The number of anilines is 1. The Morgan fingerprint density at radius 2 is 1.80 bits per heavy atom. The van der Waals surface area contributed by atoms with Crippen LogP contribution >= 0.6 is 11.3 Å². The van der Waals surface area contributed by atoms with Crippen molar-refractivity contribution in [3.63, 3.8) is 0 Å². The molecule has 10 nitrogen and oxygen atoms in total. The molecule has 0 spiro atoms. The third kappa shape index (κ3) is 7.73. The van der Waals surface area contributed by atoms with Crippen molar-refractivity contribution >= 4 is 48.3 Å². The fourth-order valence-corrected chi connectivity index (χ4v) is 10.2. The highest BCUT2D eigenvalue weighted by Crippen LogP contribution is 2.34. The number of aromatic nitrogens is 3. The molecule has 0 unspecified atom stereocenters. The molecule has 2 fully saturated rings. The molecule has 0 saturated carbocycles. The zero-order valence-corrected chi connectivity index (χ0v) is 30.1. The maximum Gasteiger partial charge on any atom is 0.393 e. The highest BCUT2D eigenvalue weighted by atomic mass is 32.2. The molecule has 1 N–H and O–H groups in total. The Balaban J connectivity index is 1.10. The SMILES string of the molecule is Cc1c(CN2CCC(Nc3ncnc4sc(CC(F)(F)F)cc34)CC2)ccc2c1cc(C#N)n2C[C@H](C)N1C[C@@H](C)N(S(C)(=O)=O)[C@H](C)C1. The van der Waals surface area contributed by atoms with Crippen molar-refractivity contribution in [2.75, 3.05) is 37.8 Å². The van der Waals surface area contributed by atoms with Gasteiger partial charge in [0.15, 0.2) is 0 Å². The van der Waals surface area contributed by atoms with E-state index < -0.39 is 22.6 Å². The minimum atomic E-state index is -4.27. The molecule has 6 rings (SSSR count). The van der Waals surface area contributed by atoms with E-state index in [1.807, 2.05) is 19.9 Å². The number of piperazine rings is 1. The average Bonchev–Trinajstić information content (AvgIpc) is 3.58. The highest BCUT2D eigenvalue weighted by molar-refractivity contribution is 7.88. The number of piperidine rings is 1. The van der Waals surface area contributed by atoms with E-state index in [1.54, 1.807) is 10.4 Å². The molecule has 49 heavy (non-hydrogen) atoms. The molecule has 4 aromatic rings. The van der Waals surface area contributed by atoms with Crippen molar-refractivity contribution in [1.29, 1.82) is 5.26 Å². The monoisotopic (exact) mass is 716 g/mol. The van der Waals surface area contributed by atoms with Gasteiger partial charge in [-0.25, -0.2) is 18.4 Å². The van der Waals surface area contributed by atoms with Crippen molar-refractivity contribution in [3.8, 4) is 6.07 Å². The Bertz CT molecular complexity index is 1970. The van der Waals surface area contributed by atoms with Crippen LogP contribution in [0.15, 0.2) is 30.6 Å². The van der Waals surface area contributed by atoms with Crippen LogP contribution in [0.4, 0.5) is 19.0 Å². The molecule has 0 radical (unpaired) electrons.